The van der Waals surface area contributed by atoms with Gasteiger partial charge in [0.1, 0.15) is 0 Å². The zero-order valence-electron chi connectivity index (χ0n) is 10.1. The van der Waals surface area contributed by atoms with Crippen LogP contribution in [0.25, 0.3) is 0 Å². The standard InChI is InChI=1S/C12H21N3S/c1-10(2)11-9-15(7-4-13-11)6-3-12-14-5-8-16-12/h5,8,10-11,13H,3-4,6-7,9H2,1-2H3. The van der Waals surface area contributed by atoms with Gasteiger partial charge in [-0.3, -0.25) is 0 Å². The van der Waals surface area contributed by atoms with E-state index < -0.39 is 0 Å². The van der Waals surface area contributed by atoms with Crippen molar-refractivity contribution in [3.05, 3.63) is 16.6 Å². The van der Waals surface area contributed by atoms with E-state index in [1.807, 2.05) is 6.20 Å². The average Bonchev–Trinajstić information content (AvgIpc) is 2.79. The summed E-state index contributed by atoms with van der Waals surface area (Å²) < 4.78 is 0. The number of rotatable bonds is 4. The van der Waals surface area contributed by atoms with Gasteiger partial charge < -0.3 is 10.2 Å². The van der Waals surface area contributed by atoms with Crippen molar-refractivity contribution >= 4 is 11.3 Å². The fraction of sp³-hybridized carbons (Fsp3) is 0.750. The number of aromatic nitrogens is 1. The van der Waals surface area contributed by atoms with Crippen molar-refractivity contribution in [3.63, 3.8) is 0 Å². The van der Waals surface area contributed by atoms with Crippen LogP contribution >= 0.6 is 11.3 Å². The lowest BCUT2D eigenvalue weighted by Gasteiger charge is -2.35. The molecule has 1 saturated heterocycles. The number of nitrogens with zero attached hydrogens (tertiary/aromatic N) is 2. The van der Waals surface area contributed by atoms with Crippen LogP contribution in [-0.4, -0.2) is 42.1 Å². The monoisotopic (exact) mass is 239 g/mol. The highest BCUT2D eigenvalue weighted by molar-refractivity contribution is 7.09. The number of hydrogen-bond donors (Lipinski definition) is 1. The van der Waals surface area contributed by atoms with Gasteiger partial charge in [-0.15, -0.1) is 11.3 Å². The van der Waals surface area contributed by atoms with Crippen molar-refractivity contribution in [2.45, 2.75) is 26.3 Å². The Morgan fingerprint density at radius 3 is 3.19 bits per heavy atom. The van der Waals surface area contributed by atoms with Gasteiger partial charge in [0.15, 0.2) is 0 Å². The van der Waals surface area contributed by atoms with Crippen LogP contribution in [-0.2, 0) is 6.42 Å². The maximum atomic E-state index is 4.33. The first kappa shape index (κ1) is 12.0. The Morgan fingerprint density at radius 1 is 1.62 bits per heavy atom. The van der Waals surface area contributed by atoms with Crippen LogP contribution in [0.15, 0.2) is 11.6 Å². The van der Waals surface area contributed by atoms with E-state index in [4.69, 9.17) is 0 Å². The molecule has 0 bridgehead atoms. The summed E-state index contributed by atoms with van der Waals surface area (Å²) in [5.41, 5.74) is 0. The molecule has 0 amide bonds. The summed E-state index contributed by atoms with van der Waals surface area (Å²) >= 11 is 1.77. The molecular formula is C12H21N3S. The molecular weight excluding hydrogens is 218 g/mol. The summed E-state index contributed by atoms with van der Waals surface area (Å²) in [7, 11) is 0. The first-order chi connectivity index (χ1) is 7.75. The maximum absolute atomic E-state index is 4.33. The van der Waals surface area contributed by atoms with Gasteiger partial charge in [-0.25, -0.2) is 4.98 Å². The van der Waals surface area contributed by atoms with Crippen LogP contribution in [0.5, 0.6) is 0 Å². The van der Waals surface area contributed by atoms with Crippen LogP contribution in [0, 0.1) is 5.92 Å². The second-order valence-electron chi connectivity index (χ2n) is 4.78. The van der Waals surface area contributed by atoms with E-state index in [-0.39, 0.29) is 0 Å². The van der Waals surface area contributed by atoms with Gasteiger partial charge in [-0.1, -0.05) is 13.8 Å². The lowest BCUT2D eigenvalue weighted by atomic mass is 10.0. The molecule has 0 aliphatic carbocycles. The minimum atomic E-state index is 0.657. The molecule has 90 valence electrons. The molecule has 4 heteroatoms. The molecule has 1 aromatic rings. The summed E-state index contributed by atoms with van der Waals surface area (Å²) in [4.78, 5) is 6.89. The van der Waals surface area contributed by atoms with E-state index in [1.165, 1.54) is 18.1 Å². The molecule has 1 aliphatic rings. The number of piperazine rings is 1. The quantitative estimate of drug-likeness (QED) is 0.865. The molecule has 2 heterocycles. The Hall–Kier alpha value is -0.450. The third kappa shape index (κ3) is 3.27. The molecule has 1 fully saturated rings. The van der Waals surface area contributed by atoms with Crippen LogP contribution in [0.1, 0.15) is 18.9 Å². The second-order valence-corrected chi connectivity index (χ2v) is 5.76. The summed E-state index contributed by atoms with van der Waals surface area (Å²) in [6, 6.07) is 0.657. The van der Waals surface area contributed by atoms with Crippen molar-refractivity contribution < 1.29 is 0 Å². The second kappa shape index (κ2) is 5.75. The maximum Gasteiger partial charge on any atom is 0.0937 e. The summed E-state index contributed by atoms with van der Waals surface area (Å²) in [5, 5.41) is 6.91. The van der Waals surface area contributed by atoms with E-state index in [0.717, 1.165) is 25.4 Å². The zero-order valence-corrected chi connectivity index (χ0v) is 11.0. The van der Waals surface area contributed by atoms with Crippen LogP contribution in [0.4, 0.5) is 0 Å². The molecule has 1 N–H and O–H groups in total. The van der Waals surface area contributed by atoms with Crippen LogP contribution in [0.2, 0.25) is 0 Å². The van der Waals surface area contributed by atoms with Crippen LogP contribution < -0.4 is 5.32 Å². The summed E-state index contributed by atoms with van der Waals surface area (Å²) in [6.07, 6.45) is 3.00. The SMILES string of the molecule is CC(C)C1CN(CCc2nccs2)CCN1. The highest BCUT2D eigenvalue weighted by Crippen LogP contribution is 2.10. The lowest BCUT2D eigenvalue weighted by Crippen LogP contribution is -2.53. The highest BCUT2D eigenvalue weighted by atomic mass is 32.1. The van der Waals surface area contributed by atoms with Gasteiger partial charge in [-0.05, 0) is 5.92 Å². The number of hydrogen-bond acceptors (Lipinski definition) is 4. The third-order valence-corrected chi connectivity index (χ3v) is 4.06. The van der Waals surface area contributed by atoms with Gasteiger partial charge in [0.2, 0.25) is 0 Å². The van der Waals surface area contributed by atoms with Gasteiger partial charge >= 0.3 is 0 Å². The van der Waals surface area contributed by atoms with E-state index in [9.17, 15) is 0 Å². The zero-order chi connectivity index (χ0) is 11.4. The molecule has 16 heavy (non-hydrogen) atoms. The Labute approximate surface area is 102 Å². The van der Waals surface area contributed by atoms with Gasteiger partial charge in [0, 0.05) is 50.2 Å². The van der Waals surface area contributed by atoms with Crippen molar-refractivity contribution in [2.24, 2.45) is 5.92 Å². The lowest BCUT2D eigenvalue weighted by molar-refractivity contribution is 0.177. The van der Waals surface area contributed by atoms with Crippen molar-refractivity contribution in [1.82, 2.24) is 15.2 Å². The average molecular weight is 239 g/mol. The van der Waals surface area contributed by atoms with Crippen molar-refractivity contribution in [1.29, 1.82) is 0 Å². The molecule has 0 spiro atoms. The molecule has 3 nitrogen and oxygen atoms in total. The molecule has 0 radical (unpaired) electrons. The fourth-order valence-electron chi connectivity index (χ4n) is 2.12. The molecule has 0 saturated carbocycles. The Kier molecular flexibility index (Phi) is 4.32. The minimum Gasteiger partial charge on any atom is -0.311 e. The number of thiazole rings is 1. The fourth-order valence-corrected chi connectivity index (χ4v) is 2.73. The Bertz CT molecular complexity index is 297. The molecule has 1 unspecified atom stereocenters. The van der Waals surface area contributed by atoms with E-state index in [2.05, 4.69) is 34.4 Å². The first-order valence-corrected chi connectivity index (χ1v) is 6.98. The molecule has 0 aromatic carbocycles. The van der Waals surface area contributed by atoms with E-state index in [0.29, 0.717) is 6.04 Å². The normalized spacial score (nSPS) is 22.8. The Balaban J connectivity index is 1.77. The molecule has 2 rings (SSSR count). The first-order valence-electron chi connectivity index (χ1n) is 6.10. The predicted octanol–water partition coefficient (Wildman–Crippen LogP) is 1.62. The molecule has 1 aromatic heterocycles. The highest BCUT2D eigenvalue weighted by Gasteiger charge is 2.21. The Morgan fingerprint density at radius 2 is 2.50 bits per heavy atom. The van der Waals surface area contributed by atoms with Gasteiger partial charge in [0.05, 0.1) is 5.01 Å². The molecule has 1 aliphatic heterocycles. The van der Waals surface area contributed by atoms with Gasteiger partial charge in [-0.2, -0.15) is 0 Å². The van der Waals surface area contributed by atoms with E-state index in [1.54, 1.807) is 11.3 Å². The van der Waals surface area contributed by atoms with Crippen molar-refractivity contribution in [2.75, 3.05) is 26.2 Å². The largest absolute Gasteiger partial charge is 0.311 e. The minimum absolute atomic E-state index is 0.657. The van der Waals surface area contributed by atoms with E-state index >= 15 is 0 Å². The van der Waals surface area contributed by atoms with Crippen LogP contribution in [0.3, 0.4) is 0 Å². The van der Waals surface area contributed by atoms with Gasteiger partial charge in [0.25, 0.3) is 0 Å². The third-order valence-electron chi connectivity index (χ3n) is 3.22. The smallest absolute Gasteiger partial charge is 0.0937 e. The number of nitrogens with one attached hydrogen (secondary N) is 1. The molecule has 1 atom stereocenters. The summed E-state index contributed by atoms with van der Waals surface area (Å²) in [5.74, 6) is 0.725. The topological polar surface area (TPSA) is 28.2 Å². The predicted molar refractivity (Wildman–Crippen MR) is 68.9 cm³/mol. The summed E-state index contributed by atoms with van der Waals surface area (Å²) in [6.45, 7) is 9.22. The van der Waals surface area contributed by atoms with Crippen molar-refractivity contribution in [3.8, 4) is 0 Å².